The lowest BCUT2D eigenvalue weighted by atomic mass is 10.2. The van der Waals surface area contributed by atoms with Crippen molar-refractivity contribution in [3.63, 3.8) is 0 Å². The van der Waals surface area contributed by atoms with Gasteiger partial charge in [0.15, 0.2) is 6.04 Å². The van der Waals surface area contributed by atoms with E-state index in [2.05, 4.69) is 11.2 Å². The molecule has 2 atom stereocenters. The van der Waals surface area contributed by atoms with Gasteiger partial charge in [-0.1, -0.05) is 5.92 Å². The summed E-state index contributed by atoms with van der Waals surface area (Å²) in [6, 6.07) is -1.30. The Morgan fingerprint density at radius 1 is 1.62 bits per heavy atom. The summed E-state index contributed by atoms with van der Waals surface area (Å²) in [5.41, 5.74) is 0. The number of amides is 1. The van der Waals surface area contributed by atoms with Gasteiger partial charge in [0.1, 0.15) is 0 Å². The van der Waals surface area contributed by atoms with Gasteiger partial charge in [-0.15, -0.1) is 6.42 Å². The van der Waals surface area contributed by atoms with Crippen LogP contribution in [0.15, 0.2) is 0 Å². The number of nitrogens with one attached hydrogen (secondary N) is 1. The minimum absolute atomic E-state index is 0.198. The van der Waals surface area contributed by atoms with Crippen molar-refractivity contribution in [3.8, 4) is 12.3 Å². The molecule has 0 bridgehead atoms. The highest BCUT2D eigenvalue weighted by atomic mass is 16.4. The molecule has 0 saturated carbocycles. The van der Waals surface area contributed by atoms with Gasteiger partial charge in [-0.25, -0.2) is 4.79 Å². The van der Waals surface area contributed by atoms with Gasteiger partial charge < -0.3 is 15.5 Å². The second-order valence-corrected chi connectivity index (χ2v) is 2.50. The van der Waals surface area contributed by atoms with Crippen LogP contribution in [0.3, 0.4) is 0 Å². The summed E-state index contributed by atoms with van der Waals surface area (Å²) in [6.07, 6.45) is 3.49. The largest absolute Gasteiger partial charge is 0.480 e. The fourth-order valence-corrected chi connectivity index (χ4v) is 0.706. The normalized spacial score (nSPS) is 13.9. The van der Waals surface area contributed by atoms with Gasteiger partial charge in [-0.3, -0.25) is 4.79 Å². The molecule has 0 aromatic carbocycles. The van der Waals surface area contributed by atoms with Crippen molar-refractivity contribution in [1.82, 2.24) is 5.32 Å². The van der Waals surface area contributed by atoms with Gasteiger partial charge in [0, 0.05) is 0 Å². The molecule has 13 heavy (non-hydrogen) atoms. The lowest BCUT2D eigenvalue weighted by Gasteiger charge is -2.15. The summed E-state index contributed by atoms with van der Waals surface area (Å²) >= 11 is 0. The van der Waals surface area contributed by atoms with E-state index in [-0.39, 0.29) is 6.42 Å². The van der Waals surface area contributed by atoms with Crippen LogP contribution in [0, 0.1) is 12.3 Å². The molecule has 0 rings (SSSR count). The zero-order chi connectivity index (χ0) is 10.4. The third-order valence-corrected chi connectivity index (χ3v) is 1.33. The van der Waals surface area contributed by atoms with E-state index < -0.39 is 24.0 Å². The Labute approximate surface area is 75.8 Å². The molecule has 1 amide bonds. The number of aliphatic hydroxyl groups is 1. The maximum absolute atomic E-state index is 10.8. The first-order valence-corrected chi connectivity index (χ1v) is 3.62. The van der Waals surface area contributed by atoms with Crippen LogP contribution in [0.4, 0.5) is 0 Å². The molecule has 0 radical (unpaired) electrons. The molecule has 72 valence electrons. The minimum Gasteiger partial charge on any atom is -0.480 e. The Morgan fingerprint density at radius 2 is 2.15 bits per heavy atom. The molecule has 5 nitrogen and oxygen atoms in total. The minimum atomic E-state index is -1.30. The molecular formula is C8H11NO4. The lowest BCUT2D eigenvalue weighted by molar-refractivity contribution is -0.144. The van der Waals surface area contributed by atoms with Crippen LogP contribution >= 0.6 is 0 Å². The number of rotatable bonds is 4. The molecule has 0 fully saturated rings. The highest BCUT2D eigenvalue weighted by Crippen LogP contribution is 1.93. The maximum Gasteiger partial charge on any atom is 0.328 e. The van der Waals surface area contributed by atoms with Crippen LogP contribution in [0.2, 0.25) is 0 Å². The molecule has 0 aliphatic heterocycles. The maximum atomic E-state index is 10.8. The first-order chi connectivity index (χ1) is 5.99. The summed E-state index contributed by atoms with van der Waals surface area (Å²) in [5.74, 6) is 0.186. The van der Waals surface area contributed by atoms with Crippen LogP contribution in [0.25, 0.3) is 0 Å². The number of carboxylic acids is 1. The zero-order valence-electron chi connectivity index (χ0n) is 7.15. The number of aliphatic hydroxyl groups excluding tert-OH is 1. The number of aliphatic carboxylic acids is 1. The second kappa shape index (κ2) is 5.17. The monoisotopic (exact) mass is 185 g/mol. The van der Waals surface area contributed by atoms with E-state index in [9.17, 15) is 9.59 Å². The molecule has 0 aliphatic rings. The van der Waals surface area contributed by atoms with Crippen LogP contribution in [-0.2, 0) is 9.59 Å². The predicted molar refractivity (Wildman–Crippen MR) is 44.7 cm³/mol. The molecular weight excluding hydrogens is 174 g/mol. The fourth-order valence-electron chi connectivity index (χ4n) is 0.706. The van der Waals surface area contributed by atoms with Crippen molar-refractivity contribution in [3.05, 3.63) is 0 Å². The van der Waals surface area contributed by atoms with Crippen molar-refractivity contribution < 1.29 is 19.8 Å². The Bertz CT molecular complexity index is 241. The Balaban J connectivity index is 4.20. The first kappa shape index (κ1) is 11.5. The average molecular weight is 185 g/mol. The molecule has 0 aromatic rings. The van der Waals surface area contributed by atoms with Gasteiger partial charge in [0.05, 0.1) is 12.5 Å². The number of hydrogen-bond donors (Lipinski definition) is 3. The van der Waals surface area contributed by atoms with Gasteiger partial charge in [0.2, 0.25) is 5.91 Å². The summed E-state index contributed by atoms with van der Waals surface area (Å²) in [7, 11) is 0. The summed E-state index contributed by atoms with van der Waals surface area (Å²) < 4.78 is 0. The van der Waals surface area contributed by atoms with Crippen molar-refractivity contribution in [2.24, 2.45) is 0 Å². The number of carbonyl (C=O) groups is 2. The molecule has 0 heterocycles. The molecule has 0 aliphatic carbocycles. The van der Waals surface area contributed by atoms with Crippen LogP contribution in [0.5, 0.6) is 0 Å². The third kappa shape index (κ3) is 4.13. The number of carbonyl (C=O) groups excluding carboxylic acids is 1. The molecule has 0 saturated heterocycles. The predicted octanol–water partition coefficient (Wildman–Crippen LogP) is -1.04. The quantitative estimate of drug-likeness (QED) is 0.488. The van der Waals surface area contributed by atoms with Crippen LogP contribution in [-0.4, -0.2) is 34.2 Å². The van der Waals surface area contributed by atoms with E-state index in [4.69, 9.17) is 16.6 Å². The Kier molecular flexibility index (Phi) is 4.55. The number of carboxylic acid groups (broad SMARTS) is 1. The highest BCUT2D eigenvalue weighted by Gasteiger charge is 2.24. The summed E-state index contributed by atoms with van der Waals surface area (Å²) in [4.78, 5) is 21.3. The Hall–Kier alpha value is -1.54. The van der Waals surface area contributed by atoms with Crippen LogP contribution in [0.1, 0.15) is 13.3 Å². The van der Waals surface area contributed by atoms with E-state index in [1.54, 1.807) is 0 Å². The molecule has 3 N–H and O–H groups in total. The zero-order valence-corrected chi connectivity index (χ0v) is 7.15. The topological polar surface area (TPSA) is 86.6 Å². The smallest absolute Gasteiger partial charge is 0.328 e. The van der Waals surface area contributed by atoms with Gasteiger partial charge in [-0.05, 0) is 6.92 Å². The average Bonchev–Trinajstić information content (AvgIpc) is 1.99. The summed E-state index contributed by atoms with van der Waals surface area (Å²) in [5, 5.41) is 19.6. The number of terminal acetylenes is 1. The van der Waals surface area contributed by atoms with E-state index in [0.717, 1.165) is 0 Å². The lowest BCUT2D eigenvalue weighted by Crippen LogP contribution is -2.47. The van der Waals surface area contributed by atoms with Crippen molar-refractivity contribution in [1.29, 1.82) is 0 Å². The fraction of sp³-hybridized carbons (Fsp3) is 0.500. The van der Waals surface area contributed by atoms with Crippen molar-refractivity contribution >= 4 is 11.9 Å². The van der Waals surface area contributed by atoms with Gasteiger partial charge in [-0.2, -0.15) is 0 Å². The molecule has 5 heteroatoms. The SMILES string of the molecule is C#CCC(=O)NC(C(=O)O)C(C)O. The highest BCUT2D eigenvalue weighted by molar-refractivity contribution is 5.85. The number of hydrogen-bond acceptors (Lipinski definition) is 3. The Morgan fingerprint density at radius 3 is 2.46 bits per heavy atom. The van der Waals surface area contributed by atoms with Crippen LogP contribution < -0.4 is 5.32 Å². The molecule has 2 unspecified atom stereocenters. The molecule has 0 spiro atoms. The van der Waals surface area contributed by atoms with Gasteiger partial charge in [0.25, 0.3) is 0 Å². The molecule has 0 aromatic heterocycles. The van der Waals surface area contributed by atoms with Crippen molar-refractivity contribution in [2.75, 3.05) is 0 Å². The van der Waals surface area contributed by atoms with E-state index >= 15 is 0 Å². The van der Waals surface area contributed by atoms with E-state index in [0.29, 0.717) is 0 Å². The van der Waals surface area contributed by atoms with E-state index in [1.807, 2.05) is 0 Å². The third-order valence-electron chi connectivity index (χ3n) is 1.33. The van der Waals surface area contributed by atoms with Crippen molar-refractivity contribution in [2.45, 2.75) is 25.5 Å². The first-order valence-electron chi connectivity index (χ1n) is 3.62. The van der Waals surface area contributed by atoms with E-state index in [1.165, 1.54) is 6.92 Å². The summed E-state index contributed by atoms with van der Waals surface area (Å²) in [6.45, 7) is 1.27. The van der Waals surface area contributed by atoms with Gasteiger partial charge >= 0.3 is 5.97 Å². The second-order valence-electron chi connectivity index (χ2n) is 2.50. The standard InChI is InChI=1S/C8H11NO4/c1-3-4-6(11)9-7(5(2)10)8(12)13/h1,5,7,10H,4H2,2H3,(H,9,11)(H,12,13).